The number of hydrogen-bond donors (Lipinski definition) is 2. The number of halogens is 3. The lowest BCUT2D eigenvalue weighted by molar-refractivity contribution is 0.562. The largest absolute Gasteiger partial charge is 0.369 e. The maximum Gasteiger partial charge on any atom is 0.240 e. The van der Waals surface area contributed by atoms with E-state index in [1.165, 1.54) is 10.7 Å². The second-order valence-electron chi connectivity index (χ2n) is 6.77. The van der Waals surface area contributed by atoms with Gasteiger partial charge >= 0.3 is 0 Å². The van der Waals surface area contributed by atoms with Gasteiger partial charge in [0.15, 0.2) is 5.65 Å². The Bertz CT molecular complexity index is 1390. The van der Waals surface area contributed by atoms with E-state index in [1.54, 1.807) is 18.2 Å². The highest BCUT2D eigenvalue weighted by Crippen LogP contribution is 2.28. The third kappa shape index (κ3) is 4.59. The summed E-state index contributed by atoms with van der Waals surface area (Å²) in [5, 5.41) is 7.75. The number of nitrogens with zero attached hydrogens (tertiary/aromatic N) is 3. The van der Waals surface area contributed by atoms with Crippen molar-refractivity contribution in [1.82, 2.24) is 19.3 Å². The summed E-state index contributed by atoms with van der Waals surface area (Å²) >= 11 is 6.29. The zero-order chi connectivity index (χ0) is 22.9. The third-order valence-electron chi connectivity index (χ3n) is 4.52. The van der Waals surface area contributed by atoms with E-state index in [2.05, 4.69) is 20.1 Å². The first kappa shape index (κ1) is 22.2. The molecular weight excluding hydrogens is 459 g/mol. The van der Waals surface area contributed by atoms with Gasteiger partial charge in [-0.3, -0.25) is 0 Å². The molecule has 2 N–H and O–H groups in total. The monoisotopic (exact) mass is 473 g/mol. The van der Waals surface area contributed by atoms with Gasteiger partial charge in [-0.25, -0.2) is 26.9 Å². The molecule has 32 heavy (non-hydrogen) atoms. The first-order valence-electron chi connectivity index (χ1n) is 9.33. The highest BCUT2D eigenvalue weighted by Gasteiger charge is 2.16. The fraction of sp³-hybridized carbons (Fsp3) is 0.100. The van der Waals surface area contributed by atoms with E-state index in [-0.39, 0.29) is 13.1 Å². The molecule has 0 fully saturated rings. The van der Waals surface area contributed by atoms with Crippen LogP contribution in [0.3, 0.4) is 0 Å². The molecule has 0 unspecified atom stereocenters. The van der Waals surface area contributed by atoms with Crippen LogP contribution in [0.25, 0.3) is 16.9 Å². The number of nitrogens with one attached hydrogen (secondary N) is 2. The lowest BCUT2D eigenvalue weighted by Gasteiger charge is -2.12. The van der Waals surface area contributed by atoms with E-state index in [9.17, 15) is 17.2 Å². The molecule has 0 bridgehead atoms. The zero-order valence-corrected chi connectivity index (χ0v) is 18.0. The molecule has 0 amide bonds. The molecule has 2 heterocycles. The van der Waals surface area contributed by atoms with Crippen LogP contribution in [0.5, 0.6) is 0 Å². The summed E-state index contributed by atoms with van der Waals surface area (Å²) in [6, 6.07) is 11.0. The molecule has 0 aliphatic carbocycles. The predicted octanol–water partition coefficient (Wildman–Crippen LogP) is 2.51. The third-order valence-corrected chi connectivity index (χ3v) is 6.29. The topological polar surface area (TPSA) is 88.4 Å². The Morgan fingerprint density at radius 1 is 1.06 bits per heavy atom. The van der Waals surface area contributed by atoms with Crippen molar-refractivity contribution in [3.8, 4) is 11.3 Å². The molecular formula is C20H15BClF2N5O2S. The Balaban J connectivity index is 1.54. The van der Waals surface area contributed by atoms with E-state index >= 15 is 0 Å². The van der Waals surface area contributed by atoms with Crippen molar-refractivity contribution in [2.45, 2.75) is 4.90 Å². The molecule has 7 nitrogen and oxygen atoms in total. The molecule has 2 radical (unpaired) electrons. The Morgan fingerprint density at radius 3 is 2.50 bits per heavy atom. The van der Waals surface area contributed by atoms with Crippen LogP contribution in [0.4, 0.5) is 14.6 Å². The van der Waals surface area contributed by atoms with E-state index in [0.717, 1.165) is 12.1 Å². The van der Waals surface area contributed by atoms with Crippen LogP contribution in [0.1, 0.15) is 0 Å². The average Bonchev–Trinajstić information content (AvgIpc) is 3.12. The van der Waals surface area contributed by atoms with E-state index in [1.807, 2.05) is 12.1 Å². The maximum absolute atomic E-state index is 13.3. The molecule has 4 rings (SSSR count). The van der Waals surface area contributed by atoms with Gasteiger partial charge in [0.05, 0.1) is 10.6 Å². The van der Waals surface area contributed by atoms with E-state index in [0.29, 0.717) is 39.3 Å². The van der Waals surface area contributed by atoms with Gasteiger partial charge in [0, 0.05) is 42.0 Å². The lowest BCUT2D eigenvalue weighted by Crippen LogP contribution is -2.29. The zero-order valence-electron chi connectivity index (χ0n) is 16.4. The van der Waals surface area contributed by atoms with Gasteiger partial charge in [0.25, 0.3) is 0 Å². The second-order valence-corrected chi connectivity index (χ2v) is 8.95. The molecule has 2 aromatic carbocycles. The van der Waals surface area contributed by atoms with Crippen molar-refractivity contribution >= 4 is 46.4 Å². The van der Waals surface area contributed by atoms with E-state index < -0.39 is 26.6 Å². The predicted molar refractivity (Wildman–Crippen MR) is 119 cm³/mol. The highest BCUT2D eigenvalue weighted by molar-refractivity contribution is 7.89. The van der Waals surface area contributed by atoms with Gasteiger partial charge in [0.2, 0.25) is 10.0 Å². The average molecular weight is 474 g/mol. The van der Waals surface area contributed by atoms with Crippen LogP contribution in [-0.4, -0.2) is 44.0 Å². The van der Waals surface area contributed by atoms with Gasteiger partial charge in [-0.2, -0.15) is 9.61 Å². The summed E-state index contributed by atoms with van der Waals surface area (Å²) in [6.07, 6.45) is 1.45. The Labute approximate surface area is 188 Å². The minimum atomic E-state index is -4.10. The first-order chi connectivity index (χ1) is 15.2. The number of rotatable bonds is 7. The smallest absolute Gasteiger partial charge is 0.240 e. The van der Waals surface area contributed by atoms with Gasteiger partial charge < -0.3 is 5.32 Å². The number of sulfonamides is 1. The minimum absolute atomic E-state index is 0.0670. The summed E-state index contributed by atoms with van der Waals surface area (Å²) in [6.45, 7) is 0.0698. The van der Waals surface area contributed by atoms with Crippen molar-refractivity contribution < 1.29 is 17.2 Å². The van der Waals surface area contributed by atoms with Crippen molar-refractivity contribution in [1.29, 1.82) is 0 Å². The summed E-state index contributed by atoms with van der Waals surface area (Å²) < 4.78 is 55.1. The quantitative estimate of drug-likeness (QED) is 0.318. The van der Waals surface area contributed by atoms with Gasteiger partial charge in [-0.15, -0.1) is 0 Å². The number of aromatic nitrogens is 3. The summed E-state index contributed by atoms with van der Waals surface area (Å²) in [5.41, 5.74) is 2.00. The molecule has 2 aromatic heterocycles. The van der Waals surface area contributed by atoms with Crippen molar-refractivity contribution in [3.05, 3.63) is 71.4 Å². The molecule has 0 saturated carbocycles. The molecule has 0 aliphatic rings. The van der Waals surface area contributed by atoms with Crippen LogP contribution in [0.15, 0.2) is 59.6 Å². The summed E-state index contributed by atoms with van der Waals surface area (Å²) in [7, 11) is 1.87. The van der Waals surface area contributed by atoms with Gasteiger partial charge in [-0.05, 0) is 23.7 Å². The van der Waals surface area contributed by atoms with Crippen LogP contribution in [-0.2, 0) is 10.0 Å². The Morgan fingerprint density at radius 2 is 1.78 bits per heavy atom. The minimum Gasteiger partial charge on any atom is -0.369 e. The second kappa shape index (κ2) is 8.85. The molecule has 0 atom stereocenters. The maximum atomic E-state index is 13.3. The van der Waals surface area contributed by atoms with Crippen LogP contribution in [0.2, 0.25) is 5.02 Å². The fourth-order valence-electron chi connectivity index (χ4n) is 3.06. The summed E-state index contributed by atoms with van der Waals surface area (Å²) in [5.74, 6) is -1.46. The first-order valence-corrected chi connectivity index (χ1v) is 11.2. The molecule has 12 heteroatoms. The van der Waals surface area contributed by atoms with Crippen molar-refractivity contribution in [3.63, 3.8) is 0 Å². The molecule has 0 saturated heterocycles. The number of anilines is 1. The van der Waals surface area contributed by atoms with Crippen LogP contribution >= 0.6 is 11.6 Å². The lowest BCUT2D eigenvalue weighted by atomic mass is 10.0. The molecule has 0 spiro atoms. The van der Waals surface area contributed by atoms with Gasteiger partial charge in [0.1, 0.15) is 25.3 Å². The number of benzene rings is 2. The molecule has 4 aromatic rings. The highest BCUT2D eigenvalue weighted by atomic mass is 35.5. The van der Waals surface area contributed by atoms with E-state index in [4.69, 9.17) is 19.4 Å². The van der Waals surface area contributed by atoms with Crippen molar-refractivity contribution in [2.24, 2.45) is 0 Å². The van der Waals surface area contributed by atoms with Gasteiger partial charge in [-0.1, -0.05) is 29.8 Å². The molecule has 162 valence electrons. The van der Waals surface area contributed by atoms with Crippen LogP contribution < -0.4 is 15.5 Å². The Kier molecular flexibility index (Phi) is 6.14. The molecule has 0 aliphatic heterocycles. The Hall–Kier alpha value is -3.02. The van der Waals surface area contributed by atoms with Crippen LogP contribution in [0, 0.1) is 11.6 Å². The normalized spacial score (nSPS) is 11.7. The van der Waals surface area contributed by atoms with Crippen molar-refractivity contribution in [2.75, 3.05) is 18.4 Å². The fourth-order valence-corrected chi connectivity index (χ4v) is 4.36. The SMILES string of the molecule is [B]c1cnn2c(NCCNS(=O)(=O)c3cc(F)cc(F)c3)cc(-c3ccccc3Cl)nc12. The standard InChI is InChI=1S/C20H15BClF2N5O2S/c21-16-11-26-29-19(10-18(28-20(16)29)15-3-1-2-4-17(15)22)25-5-6-27-32(30,31)14-8-12(23)7-13(24)9-14/h1-4,7-11,25,27H,5-6H2. The number of fused-ring (bicyclic) bond motifs is 1. The number of hydrogen-bond acceptors (Lipinski definition) is 5. The summed E-state index contributed by atoms with van der Waals surface area (Å²) in [4.78, 5) is 4.02.